The van der Waals surface area contributed by atoms with Crippen LogP contribution < -0.4 is 4.90 Å². The van der Waals surface area contributed by atoms with Gasteiger partial charge in [0.2, 0.25) is 5.95 Å². The average molecular weight is 290 g/mol. The quantitative estimate of drug-likeness (QED) is 0.833. The maximum atomic E-state index is 4.36. The van der Waals surface area contributed by atoms with E-state index in [-0.39, 0.29) is 5.54 Å². The molecule has 4 heteroatoms. The topological polar surface area (TPSA) is 32.3 Å². The third-order valence-corrected chi connectivity index (χ3v) is 4.84. The summed E-state index contributed by atoms with van der Waals surface area (Å²) in [6.45, 7) is 16.0. The van der Waals surface area contributed by atoms with Gasteiger partial charge in [-0.1, -0.05) is 27.2 Å². The lowest BCUT2D eigenvalue weighted by Gasteiger charge is -2.47. The minimum Gasteiger partial charge on any atom is -0.338 e. The molecule has 2 rings (SSSR count). The maximum Gasteiger partial charge on any atom is 0.225 e. The molecule has 1 aromatic rings. The van der Waals surface area contributed by atoms with E-state index < -0.39 is 0 Å². The summed E-state index contributed by atoms with van der Waals surface area (Å²) in [6.07, 6.45) is 6.11. The van der Waals surface area contributed by atoms with Crippen LogP contribution in [0.25, 0.3) is 0 Å². The molecule has 1 aliphatic rings. The summed E-state index contributed by atoms with van der Waals surface area (Å²) in [5.41, 5.74) is 0.659. The van der Waals surface area contributed by atoms with Crippen LogP contribution in [0, 0.1) is 5.41 Å². The first kappa shape index (κ1) is 16.2. The number of hydrogen-bond donors (Lipinski definition) is 0. The van der Waals surface area contributed by atoms with Gasteiger partial charge in [0.1, 0.15) is 0 Å². The lowest BCUT2D eigenvalue weighted by Crippen LogP contribution is -2.56. The van der Waals surface area contributed by atoms with Crippen molar-refractivity contribution in [2.75, 3.05) is 31.1 Å². The first-order chi connectivity index (χ1) is 9.84. The molecule has 1 saturated heterocycles. The molecule has 1 fully saturated rings. The zero-order valence-electron chi connectivity index (χ0n) is 14.3. The summed E-state index contributed by atoms with van der Waals surface area (Å²) >= 11 is 0. The van der Waals surface area contributed by atoms with Crippen molar-refractivity contribution in [2.45, 2.75) is 53.0 Å². The Bertz CT molecular complexity index is 433. The molecule has 0 spiro atoms. The lowest BCUT2D eigenvalue weighted by molar-refractivity contribution is 0.0647. The number of piperazine rings is 1. The van der Waals surface area contributed by atoms with Crippen LogP contribution in [0.15, 0.2) is 18.5 Å². The number of aromatic nitrogens is 2. The van der Waals surface area contributed by atoms with Crippen molar-refractivity contribution in [1.29, 1.82) is 0 Å². The van der Waals surface area contributed by atoms with E-state index in [9.17, 15) is 0 Å². The van der Waals surface area contributed by atoms with Crippen LogP contribution in [-0.4, -0.2) is 46.6 Å². The van der Waals surface area contributed by atoms with Gasteiger partial charge < -0.3 is 4.90 Å². The SMILES string of the molecule is CCC(C)(C)CC(C)(C)N1CCN(c2ncccn2)CC1. The predicted octanol–water partition coefficient (Wildman–Crippen LogP) is 3.20. The third-order valence-electron chi connectivity index (χ3n) is 4.84. The molecule has 0 amide bonds. The highest BCUT2D eigenvalue weighted by molar-refractivity contribution is 5.29. The summed E-state index contributed by atoms with van der Waals surface area (Å²) in [4.78, 5) is 13.6. The molecule has 0 atom stereocenters. The molecule has 0 saturated carbocycles. The third kappa shape index (κ3) is 4.16. The number of hydrogen-bond acceptors (Lipinski definition) is 4. The highest BCUT2D eigenvalue weighted by Crippen LogP contribution is 2.34. The lowest BCUT2D eigenvalue weighted by atomic mass is 9.77. The number of nitrogens with zero attached hydrogens (tertiary/aromatic N) is 4. The van der Waals surface area contributed by atoms with E-state index in [1.54, 1.807) is 0 Å². The summed E-state index contributed by atoms with van der Waals surface area (Å²) in [7, 11) is 0. The van der Waals surface area contributed by atoms with Gasteiger partial charge in [-0.05, 0) is 31.7 Å². The first-order valence-electron chi connectivity index (χ1n) is 8.11. The Morgan fingerprint density at radius 3 is 2.10 bits per heavy atom. The second kappa shape index (κ2) is 6.30. The van der Waals surface area contributed by atoms with Crippen molar-refractivity contribution in [3.05, 3.63) is 18.5 Å². The summed E-state index contributed by atoms with van der Waals surface area (Å²) < 4.78 is 0. The van der Waals surface area contributed by atoms with E-state index in [1.165, 1.54) is 12.8 Å². The predicted molar refractivity (Wildman–Crippen MR) is 88.6 cm³/mol. The van der Waals surface area contributed by atoms with E-state index in [0.717, 1.165) is 32.1 Å². The van der Waals surface area contributed by atoms with E-state index in [1.807, 2.05) is 18.5 Å². The number of anilines is 1. The Hall–Kier alpha value is -1.16. The highest BCUT2D eigenvalue weighted by atomic mass is 15.3. The van der Waals surface area contributed by atoms with Gasteiger partial charge in [-0.2, -0.15) is 0 Å². The van der Waals surface area contributed by atoms with Gasteiger partial charge >= 0.3 is 0 Å². The Morgan fingerprint density at radius 1 is 1.00 bits per heavy atom. The monoisotopic (exact) mass is 290 g/mol. The van der Waals surface area contributed by atoms with Crippen molar-refractivity contribution in [1.82, 2.24) is 14.9 Å². The first-order valence-corrected chi connectivity index (χ1v) is 8.11. The molecule has 1 aromatic heterocycles. The molecular formula is C17H30N4. The summed E-state index contributed by atoms with van der Waals surface area (Å²) in [5.74, 6) is 0.865. The van der Waals surface area contributed by atoms with Crippen molar-refractivity contribution in [3.8, 4) is 0 Å². The van der Waals surface area contributed by atoms with Gasteiger partial charge in [-0.15, -0.1) is 0 Å². The summed E-state index contributed by atoms with van der Waals surface area (Å²) in [5, 5.41) is 0. The number of rotatable bonds is 5. The Labute approximate surface area is 129 Å². The Morgan fingerprint density at radius 2 is 1.57 bits per heavy atom. The van der Waals surface area contributed by atoms with Gasteiger partial charge in [-0.3, -0.25) is 4.90 Å². The molecule has 1 aliphatic heterocycles. The van der Waals surface area contributed by atoms with Crippen LogP contribution >= 0.6 is 0 Å². The Kier molecular flexibility index (Phi) is 4.87. The van der Waals surface area contributed by atoms with Gasteiger partial charge in [0, 0.05) is 44.1 Å². The van der Waals surface area contributed by atoms with Gasteiger partial charge in [0.25, 0.3) is 0 Å². The molecule has 4 nitrogen and oxygen atoms in total. The van der Waals surface area contributed by atoms with Gasteiger partial charge in [0.15, 0.2) is 0 Å². The molecular weight excluding hydrogens is 260 g/mol. The van der Waals surface area contributed by atoms with E-state index in [4.69, 9.17) is 0 Å². The largest absolute Gasteiger partial charge is 0.338 e. The molecule has 0 radical (unpaired) electrons. The van der Waals surface area contributed by atoms with Crippen LogP contribution in [0.2, 0.25) is 0 Å². The standard InChI is InChI=1S/C17H30N4/c1-6-16(2,3)14-17(4,5)21-12-10-20(11-13-21)15-18-8-7-9-19-15/h7-9H,6,10-14H2,1-5H3. The molecule has 2 heterocycles. The van der Waals surface area contributed by atoms with Crippen LogP contribution in [0.1, 0.15) is 47.5 Å². The van der Waals surface area contributed by atoms with Gasteiger partial charge in [0.05, 0.1) is 0 Å². The fourth-order valence-corrected chi connectivity index (χ4v) is 3.37. The minimum atomic E-state index is 0.253. The average Bonchev–Trinajstić information content (AvgIpc) is 2.47. The Balaban J connectivity index is 1.94. The summed E-state index contributed by atoms with van der Waals surface area (Å²) in [6, 6.07) is 1.87. The zero-order valence-corrected chi connectivity index (χ0v) is 14.3. The fraction of sp³-hybridized carbons (Fsp3) is 0.765. The van der Waals surface area contributed by atoms with E-state index in [0.29, 0.717) is 5.41 Å². The van der Waals surface area contributed by atoms with Gasteiger partial charge in [-0.25, -0.2) is 9.97 Å². The van der Waals surface area contributed by atoms with Crippen LogP contribution in [0.5, 0.6) is 0 Å². The van der Waals surface area contributed by atoms with E-state index >= 15 is 0 Å². The second-order valence-electron chi connectivity index (χ2n) is 7.53. The molecule has 0 bridgehead atoms. The molecule has 0 aliphatic carbocycles. The molecule has 0 N–H and O–H groups in total. The van der Waals surface area contributed by atoms with Crippen LogP contribution in [0.3, 0.4) is 0 Å². The maximum absolute atomic E-state index is 4.36. The fourth-order valence-electron chi connectivity index (χ4n) is 3.37. The van der Waals surface area contributed by atoms with Crippen molar-refractivity contribution >= 4 is 5.95 Å². The van der Waals surface area contributed by atoms with Crippen LogP contribution in [-0.2, 0) is 0 Å². The highest BCUT2D eigenvalue weighted by Gasteiger charge is 2.34. The molecule has 118 valence electrons. The second-order valence-corrected chi connectivity index (χ2v) is 7.53. The van der Waals surface area contributed by atoms with Crippen molar-refractivity contribution in [3.63, 3.8) is 0 Å². The van der Waals surface area contributed by atoms with Crippen molar-refractivity contribution in [2.24, 2.45) is 5.41 Å². The molecule has 0 aromatic carbocycles. The van der Waals surface area contributed by atoms with E-state index in [2.05, 4.69) is 54.4 Å². The smallest absolute Gasteiger partial charge is 0.225 e. The minimum absolute atomic E-state index is 0.253. The molecule has 21 heavy (non-hydrogen) atoms. The van der Waals surface area contributed by atoms with Crippen LogP contribution in [0.4, 0.5) is 5.95 Å². The zero-order chi connectivity index (χ0) is 15.5. The molecule has 0 unspecified atom stereocenters. The normalized spacial score (nSPS) is 18.0. The van der Waals surface area contributed by atoms with Crippen molar-refractivity contribution < 1.29 is 0 Å².